The second-order valence-corrected chi connectivity index (χ2v) is 4.41. The molecule has 1 heterocycles. The molecule has 0 fully saturated rings. The van der Waals surface area contributed by atoms with E-state index in [1.165, 1.54) is 0 Å². The van der Waals surface area contributed by atoms with E-state index in [1.54, 1.807) is 28.9 Å². The Kier molecular flexibility index (Phi) is 4.11. The highest BCUT2D eigenvalue weighted by Crippen LogP contribution is 2.11. The van der Waals surface area contributed by atoms with Crippen LogP contribution in [-0.4, -0.2) is 26.1 Å². The lowest BCUT2D eigenvalue weighted by Gasteiger charge is -2.06. The van der Waals surface area contributed by atoms with Crippen molar-refractivity contribution in [2.75, 3.05) is 0 Å². The molecule has 0 aliphatic rings. The molecular weight excluding hydrogens is 256 g/mol. The van der Waals surface area contributed by atoms with Crippen molar-refractivity contribution in [3.05, 3.63) is 46.8 Å². The molecule has 20 heavy (non-hydrogen) atoms. The molecule has 0 amide bonds. The first-order chi connectivity index (χ1) is 9.65. The van der Waals surface area contributed by atoms with Crippen LogP contribution in [0.5, 0.6) is 0 Å². The van der Waals surface area contributed by atoms with Crippen LogP contribution in [-0.2, 0) is 13.0 Å². The highest BCUT2D eigenvalue weighted by molar-refractivity contribution is 5.87. The van der Waals surface area contributed by atoms with E-state index in [9.17, 15) is 4.79 Å². The molecule has 0 radical (unpaired) electrons. The highest BCUT2D eigenvalue weighted by Gasteiger charge is 2.12. The third-order valence-electron chi connectivity index (χ3n) is 2.96. The number of hydrogen-bond donors (Lipinski definition) is 1. The fourth-order valence-electron chi connectivity index (χ4n) is 1.96. The van der Waals surface area contributed by atoms with Gasteiger partial charge in [-0.25, -0.2) is 9.48 Å². The van der Waals surface area contributed by atoms with Gasteiger partial charge in [0.2, 0.25) is 0 Å². The Morgan fingerprint density at radius 3 is 2.65 bits per heavy atom. The van der Waals surface area contributed by atoms with Gasteiger partial charge in [-0.15, -0.1) is 5.10 Å². The molecule has 0 spiro atoms. The monoisotopic (exact) mass is 270 g/mol. The van der Waals surface area contributed by atoms with E-state index in [-0.39, 0.29) is 5.56 Å². The van der Waals surface area contributed by atoms with E-state index in [4.69, 9.17) is 10.4 Å². The molecule has 0 aliphatic carbocycles. The van der Waals surface area contributed by atoms with Crippen LogP contribution in [0.15, 0.2) is 24.3 Å². The Balaban J connectivity index is 2.23. The van der Waals surface area contributed by atoms with Gasteiger partial charge in [0.1, 0.15) is 6.07 Å². The van der Waals surface area contributed by atoms with Gasteiger partial charge in [0.15, 0.2) is 5.69 Å². The maximum absolute atomic E-state index is 10.8. The number of rotatable bonds is 5. The number of benzene rings is 1. The predicted octanol–water partition coefficient (Wildman–Crippen LogP) is 1.85. The first kappa shape index (κ1) is 13.7. The van der Waals surface area contributed by atoms with E-state index in [2.05, 4.69) is 10.3 Å². The minimum atomic E-state index is -0.948. The van der Waals surface area contributed by atoms with Crippen molar-refractivity contribution in [2.45, 2.75) is 26.3 Å². The summed E-state index contributed by atoms with van der Waals surface area (Å²) >= 11 is 0. The topological polar surface area (TPSA) is 91.8 Å². The molecule has 1 aromatic heterocycles. The van der Waals surface area contributed by atoms with Gasteiger partial charge >= 0.3 is 5.97 Å². The number of hydrogen-bond acceptors (Lipinski definition) is 4. The van der Waals surface area contributed by atoms with Crippen molar-refractivity contribution in [3.8, 4) is 6.07 Å². The van der Waals surface area contributed by atoms with Crippen LogP contribution in [0, 0.1) is 11.3 Å². The average Bonchev–Trinajstić information content (AvgIpc) is 2.82. The fourth-order valence-corrected chi connectivity index (χ4v) is 1.96. The Bertz CT molecular complexity index is 653. The summed E-state index contributed by atoms with van der Waals surface area (Å²) in [6, 6.07) is 8.63. The Morgan fingerprint density at radius 1 is 1.40 bits per heavy atom. The molecule has 6 heteroatoms. The normalized spacial score (nSPS) is 10.2. The van der Waals surface area contributed by atoms with Gasteiger partial charge in [-0.05, 0) is 24.1 Å². The summed E-state index contributed by atoms with van der Waals surface area (Å²) in [5.74, 6) is -0.948. The Hall–Kier alpha value is -2.68. The molecule has 0 saturated heterocycles. The highest BCUT2D eigenvalue weighted by atomic mass is 16.4. The van der Waals surface area contributed by atoms with Crippen LogP contribution in [0.3, 0.4) is 0 Å². The molecule has 0 saturated carbocycles. The van der Waals surface area contributed by atoms with Crippen molar-refractivity contribution in [1.82, 2.24) is 15.0 Å². The Labute approximate surface area is 116 Å². The summed E-state index contributed by atoms with van der Waals surface area (Å²) in [6.45, 7) is 2.50. The number of carboxylic acids is 1. The van der Waals surface area contributed by atoms with Crippen molar-refractivity contribution in [1.29, 1.82) is 5.26 Å². The van der Waals surface area contributed by atoms with Crippen molar-refractivity contribution in [2.24, 2.45) is 0 Å². The zero-order valence-corrected chi connectivity index (χ0v) is 11.1. The number of nitrogens with zero attached hydrogens (tertiary/aromatic N) is 4. The number of nitriles is 1. The van der Waals surface area contributed by atoms with E-state index >= 15 is 0 Å². The van der Waals surface area contributed by atoms with E-state index in [1.807, 2.05) is 13.0 Å². The summed E-state index contributed by atoms with van der Waals surface area (Å²) in [7, 11) is 0. The lowest BCUT2D eigenvalue weighted by molar-refractivity contribution is 0.0697. The van der Waals surface area contributed by atoms with Gasteiger partial charge in [-0.2, -0.15) is 5.26 Å². The maximum Gasteiger partial charge on any atom is 0.335 e. The number of carbonyl (C=O) groups is 1. The van der Waals surface area contributed by atoms with Gasteiger partial charge in [0.25, 0.3) is 0 Å². The summed E-state index contributed by atoms with van der Waals surface area (Å²) in [5.41, 5.74) is 2.34. The third kappa shape index (κ3) is 2.83. The van der Waals surface area contributed by atoms with Crippen molar-refractivity contribution >= 4 is 5.97 Å². The number of aromatic nitrogens is 3. The SMILES string of the molecule is CCCc1c(C#N)nnn1Cc1ccc(C(=O)O)cc1. The third-order valence-corrected chi connectivity index (χ3v) is 2.96. The molecule has 1 aromatic carbocycles. The van der Waals surface area contributed by atoms with Crippen molar-refractivity contribution in [3.63, 3.8) is 0 Å². The zero-order chi connectivity index (χ0) is 14.5. The molecule has 102 valence electrons. The second kappa shape index (κ2) is 5.97. The minimum absolute atomic E-state index is 0.249. The van der Waals surface area contributed by atoms with Gasteiger partial charge in [-0.3, -0.25) is 0 Å². The van der Waals surface area contributed by atoms with Gasteiger partial charge in [0.05, 0.1) is 17.8 Å². The summed E-state index contributed by atoms with van der Waals surface area (Å²) in [4.78, 5) is 10.8. The van der Waals surface area contributed by atoms with Crippen LogP contribution in [0.1, 0.15) is 40.7 Å². The van der Waals surface area contributed by atoms with E-state index < -0.39 is 5.97 Å². The molecule has 0 atom stereocenters. The smallest absolute Gasteiger partial charge is 0.335 e. The Morgan fingerprint density at radius 2 is 2.10 bits per heavy atom. The summed E-state index contributed by atoms with van der Waals surface area (Å²) in [6.07, 6.45) is 1.64. The standard InChI is InChI=1S/C14H14N4O2/c1-2-3-13-12(8-15)16-17-18(13)9-10-4-6-11(7-5-10)14(19)20/h4-7H,2-3,9H2,1H3,(H,19,20). The van der Waals surface area contributed by atoms with Crippen LogP contribution in [0.4, 0.5) is 0 Å². The van der Waals surface area contributed by atoms with Gasteiger partial charge < -0.3 is 5.11 Å². The summed E-state index contributed by atoms with van der Waals surface area (Å²) < 4.78 is 1.69. The van der Waals surface area contributed by atoms with Crippen LogP contribution in [0.25, 0.3) is 0 Å². The van der Waals surface area contributed by atoms with Crippen LogP contribution in [0.2, 0.25) is 0 Å². The zero-order valence-electron chi connectivity index (χ0n) is 11.1. The molecular formula is C14H14N4O2. The average molecular weight is 270 g/mol. The van der Waals surface area contributed by atoms with E-state index in [0.29, 0.717) is 12.2 Å². The molecule has 1 N–H and O–H groups in total. The largest absolute Gasteiger partial charge is 0.478 e. The van der Waals surface area contributed by atoms with Gasteiger partial charge in [-0.1, -0.05) is 30.7 Å². The lowest BCUT2D eigenvalue weighted by atomic mass is 10.1. The van der Waals surface area contributed by atoms with Crippen molar-refractivity contribution < 1.29 is 9.90 Å². The van der Waals surface area contributed by atoms with Crippen LogP contribution >= 0.6 is 0 Å². The second-order valence-electron chi connectivity index (χ2n) is 4.41. The maximum atomic E-state index is 10.8. The molecule has 2 aromatic rings. The number of aromatic carboxylic acids is 1. The minimum Gasteiger partial charge on any atom is -0.478 e. The molecule has 2 rings (SSSR count). The van der Waals surface area contributed by atoms with E-state index in [0.717, 1.165) is 24.1 Å². The summed E-state index contributed by atoms with van der Waals surface area (Å²) in [5, 5.41) is 25.7. The predicted molar refractivity (Wildman–Crippen MR) is 71.2 cm³/mol. The molecule has 0 unspecified atom stereocenters. The van der Waals surface area contributed by atoms with Crippen LogP contribution < -0.4 is 0 Å². The van der Waals surface area contributed by atoms with Gasteiger partial charge in [0, 0.05) is 0 Å². The first-order valence-electron chi connectivity index (χ1n) is 6.30. The fraction of sp³-hybridized carbons (Fsp3) is 0.286. The molecule has 0 aliphatic heterocycles. The lowest BCUT2D eigenvalue weighted by Crippen LogP contribution is -2.07. The first-order valence-corrected chi connectivity index (χ1v) is 6.30. The quantitative estimate of drug-likeness (QED) is 0.895. The molecule has 0 bridgehead atoms. The molecule has 6 nitrogen and oxygen atoms in total. The number of carboxylic acid groups (broad SMARTS) is 1.